The highest BCUT2D eigenvalue weighted by molar-refractivity contribution is 5.97. The average Bonchev–Trinajstić information content (AvgIpc) is 2.53. The lowest BCUT2D eigenvalue weighted by atomic mass is 9.93. The summed E-state index contributed by atoms with van der Waals surface area (Å²) in [6.07, 6.45) is 0.228. The number of hydrogen-bond donors (Lipinski definition) is 1. The van der Waals surface area contributed by atoms with Gasteiger partial charge in [-0.3, -0.25) is 4.79 Å². The molecule has 0 aliphatic carbocycles. The SMILES string of the molecule is O=C(O)C1Cc2ccccc2CN1C(=O)c1ccccc1F. The van der Waals surface area contributed by atoms with Gasteiger partial charge >= 0.3 is 5.97 Å². The molecule has 0 saturated carbocycles. The highest BCUT2D eigenvalue weighted by atomic mass is 19.1. The van der Waals surface area contributed by atoms with Crippen LogP contribution in [0.15, 0.2) is 48.5 Å². The van der Waals surface area contributed by atoms with Crippen LogP contribution in [0.25, 0.3) is 0 Å². The summed E-state index contributed by atoms with van der Waals surface area (Å²) in [6.45, 7) is 0.167. The van der Waals surface area contributed by atoms with Crippen molar-refractivity contribution in [1.29, 1.82) is 0 Å². The Morgan fingerprint density at radius 1 is 1.05 bits per heavy atom. The minimum atomic E-state index is -1.08. The summed E-state index contributed by atoms with van der Waals surface area (Å²) >= 11 is 0. The van der Waals surface area contributed by atoms with Crippen molar-refractivity contribution < 1.29 is 19.1 Å². The first kappa shape index (κ1) is 14.3. The van der Waals surface area contributed by atoms with E-state index >= 15 is 0 Å². The van der Waals surface area contributed by atoms with Gasteiger partial charge in [0.15, 0.2) is 0 Å². The topological polar surface area (TPSA) is 57.6 Å². The van der Waals surface area contributed by atoms with Gasteiger partial charge in [-0.1, -0.05) is 36.4 Å². The van der Waals surface area contributed by atoms with Gasteiger partial charge in [0, 0.05) is 13.0 Å². The monoisotopic (exact) mass is 299 g/mol. The first-order valence-electron chi connectivity index (χ1n) is 6.93. The number of hydrogen-bond acceptors (Lipinski definition) is 2. The molecule has 1 N–H and O–H groups in total. The smallest absolute Gasteiger partial charge is 0.326 e. The number of carbonyl (C=O) groups is 2. The summed E-state index contributed by atoms with van der Waals surface area (Å²) in [5.74, 6) is -2.32. The van der Waals surface area contributed by atoms with Crippen molar-refractivity contribution in [2.24, 2.45) is 0 Å². The second kappa shape index (κ2) is 5.60. The van der Waals surface area contributed by atoms with Crippen molar-refractivity contribution in [3.05, 3.63) is 71.0 Å². The summed E-state index contributed by atoms with van der Waals surface area (Å²) in [6, 6.07) is 12.0. The Bertz CT molecular complexity index is 744. The Morgan fingerprint density at radius 3 is 2.36 bits per heavy atom. The molecule has 4 nitrogen and oxygen atoms in total. The van der Waals surface area contributed by atoms with Crippen LogP contribution in [0.2, 0.25) is 0 Å². The van der Waals surface area contributed by atoms with Gasteiger partial charge in [-0.25, -0.2) is 9.18 Å². The van der Waals surface area contributed by atoms with E-state index in [2.05, 4.69) is 0 Å². The Hall–Kier alpha value is -2.69. The second-order valence-corrected chi connectivity index (χ2v) is 5.24. The van der Waals surface area contributed by atoms with Gasteiger partial charge < -0.3 is 10.0 Å². The van der Waals surface area contributed by atoms with Crippen LogP contribution in [0, 0.1) is 5.82 Å². The van der Waals surface area contributed by atoms with E-state index in [0.29, 0.717) is 0 Å². The third kappa shape index (κ3) is 2.45. The van der Waals surface area contributed by atoms with Gasteiger partial charge in [0.25, 0.3) is 5.91 Å². The molecule has 1 heterocycles. The number of halogens is 1. The van der Waals surface area contributed by atoms with Gasteiger partial charge in [-0.05, 0) is 23.3 Å². The molecule has 0 radical (unpaired) electrons. The molecule has 0 saturated heterocycles. The van der Waals surface area contributed by atoms with Crippen LogP contribution in [0.5, 0.6) is 0 Å². The number of fused-ring (bicyclic) bond motifs is 1. The molecule has 1 amide bonds. The molecule has 0 spiro atoms. The van der Waals surface area contributed by atoms with Crippen LogP contribution in [-0.4, -0.2) is 27.9 Å². The van der Waals surface area contributed by atoms with Gasteiger partial charge in [0.05, 0.1) is 5.56 Å². The van der Waals surface area contributed by atoms with E-state index in [4.69, 9.17) is 0 Å². The molecule has 0 bridgehead atoms. The maximum atomic E-state index is 13.8. The molecule has 112 valence electrons. The number of carboxylic acids is 1. The lowest BCUT2D eigenvalue weighted by Gasteiger charge is -2.34. The number of carboxylic acid groups (broad SMARTS) is 1. The van der Waals surface area contributed by atoms with Crippen molar-refractivity contribution in [3.8, 4) is 0 Å². The van der Waals surface area contributed by atoms with Gasteiger partial charge in [-0.15, -0.1) is 0 Å². The number of benzene rings is 2. The van der Waals surface area contributed by atoms with Crippen LogP contribution in [0.1, 0.15) is 21.5 Å². The molecule has 1 unspecified atom stereocenters. The molecule has 1 aliphatic heterocycles. The zero-order valence-electron chi connectivity index (χ0n) is 11.7. The van der Waals surface area contributed by atoms with Crippen molar-refractivity contribution in [1.82, 2.24) is 4.90 Å². The zero-order chi connectivity index (χ0) is 15.7. The minimum absolute atomic E-state index is 0.104. The van der Waals surface area contributed by atoms with E-state index in [-0.39, 0.29) is 18.5 Å². The van der Waals surface area contributed by atoms with E-state index in [0.717, 1.165) is 11.1 Å². The van der Waals surface area contributed by atoms with Gasteiger partial charge in [0.1, 0.15) is 11.9 Å². The van der Waals surface area contributed by atoms with E-state index in [9.17, 15) is 19.1 Å². The summed E-state index contributed by atoms with van der Waals surface area (Å²) in [5, 5.41) is 9.41. The van der Waals surface area contributed by atoms with Gasteiger partial charge in [-0.2, -0.15) is 0 Å². The van der Waals surface area contributed by atoms with E-state index in [1.807, 2.05) is 24.3 Å². The first-order chi connectivity index (χ1) is 10.6. The fourth-order valence-corrected chi connectivity index (χ4v) is 2.75. The lowest BCUT2D eigenvalue weighted by molar-refractivity contribution is -0.142. The Kier molecular flexibility index (Phi) is 3.63. The Balaban J connectivity index is 1.99. The molecule has 1 aliphatic rings. The number of amides is 1. The normalized spacial score (nSPS) is 17.0. The largest absolute Gasteiger partial charge is 0.480 e. The number of carbonyl (C=O) groups excluding carboxylic acids is 1. The molecular formula is C17H14FNO3. The zero-order valence-corrected chi connectivity index (χ0v) is 11.7. The molecule has 3 rings (SSSR count). The maximum absolute atomic E-state index is 13.8. The Labute approximate surface area is 126 Å². The van der Waals surface area contributed by atoms with Crippen LogP contribution in [-0.2, 0) is 17.8 Å². The number of aliphatic carboxylic acids is 1. The lowest BCUT2D eigenvalue weighted by Crippen LogP contribution is -2.48. The Morgan fingerprint density at radius 2 is 1.68 bits per heavy atom. The number of rotatable bonds is 2. The van der Waals surface area contributed by atoms with Crippen LogP contribution in [0.3, 0.4) is 0 Å². The predicted molar refractivity (Wildman–Crippen MR) is 77.8 cm³/mol. The van der Waals surface area contributed by atoms with Crippen molar-refractivity contribution in [3.63, 3.8) is 0 Å². The van der Waals surface area contributed by atoms with E-state index in [1.54, 1.807) is 6.07 Å². The minimum Gasteiger partial charge on any atom is -0.480 e. The molecule has 2 aromatic rings. The molecule has 22 heavy (non-hydrogen) atoms. The van der Waals surface area contributed by atoms with E-state index < -0.39 is 23.7 Å². The third-order valence-corrected chi connectivity index (χ3v) is 3.90. The maximum Gasteiger partial charge on any atom is 0.326 e. The third-order valence-electron chi connectivity index (χ3n) is 3.90. The summed E-state index contributed by atoms with van der Waals surface area (Å²) in [7, 11) is 0. The van der Waals surface area contributed by atoms with Crippen molar-refractivity contribution in [2.45, 2.75) is 19.0 Å². The van der Waals surface area contributed by atoms with Crippen molar-refractivity contribution >= 4 is 11.9 Å². The fraction of sp³-hybridized carbons (Fsp3) is 0.176. The summed E-state index contributed by atoms with van der Waals surface area (Å²) in [4.78, 5) is 25.3. The van der Waals surface area contributed by atoms with Gasteiger partial charge in [0.2, 0.25) is 0 Å². The molecule has 1 atom stereocenters. The van der Waals surface area contributed by atoms with Crippen molar-refractivity contribution in [2.75, 3.05) is 0 Å². The highest BCUT2D eigenvalue weighted by Gasteiger charge is 2.35. The summed E-state index contributed by atoms with van der Waals surface area (Å²) < 4.78 is 13.8. The molecule has 2 aromatic carbocycles. The predicted octanol–water partition coefficient (Wildman–Crippen LogP) is 2.48. The fourth-order valence-electron chi connectivity index (χ4n) is 2.75. The summed E-state index contributed by atoms with van der Waals surface area (Å²) in [5.41, 5.74) is 1.70. The quantitative estimate of drug-likeness (QED) is 0.927. The molecule has 0 aromatic heterocycles. The second-order valence-electron chi connectivity index (χ2n) is 5.24. The molecule has 5 heteroatoms. The molecular weight excluding hydrogens is 285 g/mol. The van der Waals surface area contributed by atoms with E-state index in [1.165, 1.54) is 23.1 Å². The first-order valence-corrected chi connectivity index (χ1v) is 6.93. The van der Waals surface area contributed by atoms with Crippen LogP contribution < -0.4 is 0 Å². The van der Waals surface area contributed by atoms with Crippen LogP contribution in [0.4, 0.5) is 4.39 Å². The number of nitrogens with zero attached hydrogens (tertiary/aromatic N) is 1. The standard InChI is InChI=1S/C17H14FNO3/c18-14-8-4-3-7-13(14)16(20)19-10-12-6-2-1-5-11(12)9-15(19)17(21)22/h1-8,15H,9-10H2,(H,21,22). The molecule has 0 fully saturated rings. The average molecular weight is 299 g/mol. The van der Waals surface area contributed by atoms with Crippen LogP contribution >= 0.6 is 0 Å². The highest BCUT2D eigenvalue weighted by Crippen LogP contribution is 2.25.